The van der Waals surface area contributed by atoms with E-state index in [2.05, 4.69) is 5.32 Å². The highest BCUT2D eigenvalue weighted by Gasteiger charge is 2.36. The molecule has 0 aromatic heterocycles. The molecule has 1 aliphatic rings. The monoisotopic (exact) mass is 479 g/mol. The second-order valence-corrected chi connectivity index (χ2v) is 8.01. The van der Waals surface area contributed by atoms with Crippen LogP contribution in [0.2, 0.25) is 0 Å². The van der Waals surface area contributed by atoms with E-state index in [-0.39, 0.29) is 32.6 Å². The molecule has 2 atom stereocenters. The van der Waals surface area contributed by atoms with E-state index < -0.39 is 36.0 Å². The molecular weight excluding hydrogens is 450 g/mol. The Morgan fingerprint density at radius 2 is 1.74 bits per heavy atom. The van der Waals surface area contributed by atoms with Crippen LogP contribution in [0.25, 0.3) is 0 Å². The molecule has 0 saturated heterocycles. The topological polar surface area (TPSA) is 128 Å². The molecule has 2 aromatic carbocycles. The van der Waals surface area contributed by atoms with Crippen molar-refractivity contribution in [2.24, 2.45) is 5.73 Å². The smallest absolute Gasteiger partial charge is 0.411 e. The molecule has 9 heteroatoms. The summed E-state index contributed by atoms with van der Waals surface area (Å²) >= 11 is 0. The minimum absolute atomic E-state index is 0.00164. The van der Waals surface area contributed by atoms with E-state index in [1.807, 2.05) is 54.6 Å². The average molecular weight is 480 g/mol. The van der Waals surface area contributed by atoms with Gasteiger partial charge < -0.3 is 20.5 Å². The highest BCUT2D eigenvalue weighted by atomic mass is 16.6. The van der Waals surface area contributed by atoms with Crippen LogP contribution < -0.4 is 11.1 Å². The summed E-state index contributed by atoms with van der Waals surface area (Å²) < 4.78 is 10.3. The van der Waals surface area contributed by atoms with Gasteiger partial charge in [0.25, 0.3) is 0 Å². The summed E-state index contributed by atoms with van der Waals surface area (Å²) in [5.41, 5.74) is 8.13. The van der Waals surface area contributed by atoms with E-state index in [0.29, 0.717) is 0 Å². The molecule has 35 heavy (non-hydrogen) atoms. The molecule has 0 spiro atoms. The number of amides is 3. The number of benzene rings is 2. The van der Waals surface area contributed by atoms with Crippen LogP contribution >= 0.6 is 0 Å². The zero-order chi connectivity index (χ0) is 25.2. The summed E-state index contributed by atoms with van der Waals surface area (Å²) in [6.07, 6.45) is 2.21. The molecule has 3 N–H and O–H groups in total. The van der Waals surface area contributed by atoms with Gasteiger partial charge in [0.2, 0.25) is 11.8 Å². The van der Waals surface area contributed by atoms with Crippen LogP contribution in [0.3, 0.4) is 0 Å². The number of hydrogen-bond donors (Lipinski definition) is 2. The zero-order valence-electron chi connectivity index (χ0n) is 19.5. The van der Waals surface area contributed by atoms with Crippen LogP contribution in [0.5, 0.6) is 0 Å². The van der Waals surface area contributed by atoms with Crippen molar-refractivity contribution in [3.63, 3.8) is 0 Å². The Kier molecular flexibility index (Phi) is 9.00. The van der Waals surface area contributed by atoms with Crippen molar-refractivity contribution in [3.05, 3.63) is 83.4 Å². The Morgan fingerprint density at radius 3 is 2.43 bits per heavy atom. The Balaban J connectivity index is 1.73. The predicted molar refractivity (Wildman–Crippen MR) is 128 cm³/mol. The van der Waals surface area contributed by atoms with Gasteiger partial charge in [0.1, 0.15) is 18.7 Å². The molecular formula is C26H29N3O6. The lowest BCUT2D eigenvalue weighted by Gasteiger charge is -2.35. The van der Waals surface area contributed by atoms with Crippen LogP contribution in [-0.4, -0.2) is 47.5 Å². The van der Waals surface area contributed by atoms with Crippen LogP contribution in [0.1, 0.15) is 30.0 Å². The van der Waals surface area contributed by atoms with Crippen molar-refractivity contribution in [1.82, 2.24) is 10.2 Å². The van der Waals surface area contributed by atoms with Gasteiger partial charge in [0.15, 0.2) is 0 Å². The standard InChI is InChI=1S/C26H29N3O6/c1-2-34-23(30)14-8-13-21(24(27)31)28-25(32)22-15-19-11-6-7-12-20(19)16-29(22)26(33)35-17-18-9-4-3-5-10-18/h3-12,14,21-22H,2,13,15-17H2,1H3,(H2,27,31)(H,28,32)/b14-8+/t21-,22-/m0/s1. The average Bonchev–Trinajstić information content (AvgIpc) is 2.86. The van der Waals surface area contributed by atoms with E-state index in [0.717, 1.165) is 16.7 Å². The van der Waals surface area contributed by atoms with Crippen molar-refractivity contribution in [3.8, 4) is 0 Å². The summed E-state index contributed by atoms with van der Waals surface area (Å²) in [5.74, 6) is -1.86. The highest BCUT2D eigenvalue weighted by molar-refractivity contribution is 5.91. The molecule has 2 aromatic rings. The first-order chi connectivity index (χ1) is 16.9. The Morgan fingerprint density at radius 1 is 1.06 bits per heavy atom. The van der Waals surface area contributed by atoms with Gasteiger partial charge in [-0.05, 0) is 30.0 Å². The molecule has 1 aliphatic heterocycles. The Bertz CT molecular complexity index is 1090. The van der Waals surface area contributed by atoms with Gasteiger partial charge in [-0.1, -0.05) is 60.7 Å². The van der Waals surface area contributed by atoms with Gasteiger partial charge in [-0.3, -0.25) is 14.5 Å². The predicted octanol–water partition coefficient (Wildman–Crippen LogP) is 2.23. The van der Waals surface area contributed by atoms with Gasteiger partial charge in [-0.15, -0.1) is 0 Å². The lowest BCUT2D eigenvalue weighted by molar-refractivity contribution is -0.137. The number of ether oxygens (including phenoxy) is 2. The zero-order valence-corrected chi connectivity index (χ0v) is 19.5. The van der Waals surface area contributed by atoms with E-state index in [1.54, 1.807) is 6.92 Å². The molecule has 1 heterocycles. The van der Waals surface area contributed by atoms with Gasteiger partial charge in [-0.25, -0.2) is 9.59 Å². The molecule has 0 unspecified atom stereocenters. The maximum absolute atomic E-state index is 13.2. The molecule has 9 nitrogen and oxygen atoms in total. The first-order valence-corrected chi connectivity index (χ1v) is 11.4. The molecule has 0 bridgehead atoms. The highest BCUT2D eigenvalue weighted by Crippen LogP contribution is 2.24. The van der Waals surface area contributed by atoms with Gasteiger partial charge in [0.05, 0.1) is 13.2 Å². The lowest BCUT2D eigenvalue weighted by Crippen LogP contribution is -2.56. The molecule has 3 amide bonds. The summed E-state index contributed by atoms with van der Waals surface area (Å²) in [6.45, 7) is 2.15. The third kappa shape index (κ3) is 7.17. The van der Waals surface area contributed by atoms with Crippen molar-refractivity contribution in [1.29, 1.82) is 0 Å². The van der Waals surface area contributed by atoms with E-state index in [1.165, 1.54) is 17.1 Å². The van der Waals surface area contributed by atoms with Crippen LogP contribution in [0.15, 0.2) is 66.7 Å². The van der Waals surface area contributed by atoms with E-state index >= 15 is 0 Å². The number of carbonyl (C=O) groups is 4. The first-order valence-electron chi connectivity index (χ1n) is 11.4. The van der Waals surface area contributed by atoms with E-state index in [4.69, 9.17) is 15.2 Å². The fourth-order valence-corrected chi connectivity index (χ4v) is 3.76. The number of nitrogens with one attached hydrogen (secondary N) is 1. The van der Waals surface area contributed by atoms with Crippen molar-refractivity contribution >= 4 is 23.9 Å². The maximum atomic E-state index is 13.2. The van der Waals surface area contributed by atoms with Gasteiger partial charge >= 0.3 is 12.1 Å². The summed E-state index contributed by atoms with van der Waals surface area (Å²) in [5, 5.41) is 2.62. The van der Waals surface area contributed by atoms with E-state index in [9.17, 15) is 19.2 Å². The third-order valence-corrected chi connectivity index (χ3v) is 5.56. The maximum Gasteiger partial charge on any atom is 0.411 e. The van der Waals surface area contributed by atoms with Crippen LogP contribution in [0, 0.1) is 0 Å². The van der Waals surface area contributed by atoms with Crippen LogP contribution in [0.4, 0.5) is 4.79 Å². The molecule has 0 fully saturated rings. The number of nitrogens with zero attached hydrogens (tertiary/aromatic N) is 1. The number of primary amides is 1. The number of carbonyl (C=O) groups excluding carboxylic acids is 4. The summed E-state index contributed by atoms with van der Waals surface area (Å²) in [4.78, 5) is 51.0. The minimum atomic E-state index is -1.06. The molecule has 0 aliphatic carbocycles. The number of esters is 1. The van der Waals surface area contributed by atoms with Gasteiger partial charge in [0, 0.05) is 12.5 Å². The second-order valence-electron chi connectivity index (χ2n) is 8.01. The Hall–Kier alpha value is -4.14. The third-order valence-electron chi connectivity index (χ3n) is 5.56. The summed E-state index contributed by atoms with van der Waals surface area (Å²) in [6, 6.07) is 14.8. The largest absolute Gasteiger partial charge is 0.463 e. The fraction of sp³-hybridized carbons (Fsp3) is 0.308. The van der Waals surface area contributed by atoms with Gasteiger partial charge in [-0.2, -0.15) is 0 Å². The number of rotatable bonds is 9. The normalized spacial score (nSPS) is 15.7. The first kappa shape index (κ1) is 25.5. The number of hydrogen-bond acceptors (Lipinski definition) is 6. The molecule has 184 valence electrons. The SMILES string of the molecule is CCOC(=O)/C=C/C[C@H](NC(=O)[C@@H]1Cc2ccccc2CN1C(=O)OCc1ccccc1)C(N)=O. The quantitative estimate of drug-likeness (QED) is 0.419. The molecule has 3 rings (SSSR count). The fourth-order valence-electron chi connectivity index (χ4n) is 3.76. The van der Waals surface area contributed by atoms with Crippen molar-refractivity contribution < 1.29 is 28.7 Å². The second kappa shape index (κ2) is 12.4. The lowest BCUT2D eigenvalue weighted by atomic mass is 9.93. The van der Waals surface area contributed by atoms with Crippen molar-refractivity contribution in [2.75, 3.05) is 6.61 Å². The number of fused-ring (bicyclic) bond motifs is 1. The Labute approximate surface area is 203 Å². The summed E-state index contributed by atoms with van der Waals surface area (Å²) in [7, 11) is 0. The molecule has 0 saturated carbocycles. The minimum Gasteiger partial charge on any atom is -0.463 e. The van der Waals surface area contributed by atoms with Crippen LogP contribution in [-0.2, 0) is 43.4 Å². The molecule has 0 radical (unpaired) electrons. The van der Waals surface area contributed by atoms with Crippen molar-refractivity contribution in [2.45, 2.75) is 45.0 Å². The number of nitrogens with two attached hydrogens (primary N) is 1.